The first-order valence-electron chi connectivity index (χ1n) is 35.4. The lowest BCUT2D eigenvalue weighted by Gasteiger charge is -2.46. The second-order valence-corrected chi connectivity index (χ2v) is 33.1. The van der Waals surface area contributed by atoms with E-state index in [-0.39, 0.29) is 68.3 Å². The van der Waals surface area contributed by atoms with Gasteiger partial charge in [-0.05, 0) is 210 Å². The van der Waals surface area contributed by atoms with Gasteiger partial charge in [-0.25, -0.2) is 28.1 Å². The van der Waals surface area contributed by atoms with Gasteiger partial charge in [-0.1, -0.05) is 33.3 Å². The molecule has 12 aromatic rings. The summed E-state index contributed by atoms with van der Waals surface area (Å²) in [4.78, 5) is 0. The molecule has 4 saturated heterocycles. The molecule has 0 bridgehead atoms. The van der Waals surface area contributed by atoms with Crippen molar-refractivity contribution in [1.82, 2.24) is 121 Å². The Labute approximate surface area is 615 Å². The highest BCUT2D eigenvalue weighted by Gasteiger charge is 2.53. The number of nitrogens with zero attached hydrogens (tertiary/aromatic N) is 21. The van der Waals surface area contributed by atoms with Crippen molar-refractivity contribution in [2.75, 3.05) is 14.2 Å². The molecule has 3 aromatic carbocycles. The van der Waals surface area contributed by atoms with Gasteiger partial charge in [-0.3, -0.25) is 0 Å². The minimum atomic E-state index is -0.438. The molecule has 4 aliphatic rings. The normalized spacial score (nSPS) is 19.3. The largest absolute Gasteiger partial charge is 0.507 e. The van der Waals surface area contributed by atoms with Crippen LogP contribution in [0.2, 0.25) is 5.15 Å². The van der Waals surface area contributed by atoms with Crippen LogP contribution in [-0.4, -0.2) is 176 Å². The number of halogens is 1. The Morgan fingerprint density at radius 3 is 1.16 bits per heavy atom. The fourth-order valence-electron chi connectivity index (χ4n) is 15.7. The van der Waals surface area contributed by atoms with Crippen molar-refractivity contribution in [3.63, 3.8) is 0 Å². The molecule has 105 heavy (non-hydrogen) atoms. The van der Waals surface area contributed by atoms with Crippen molar-refractivity contribution >= 4 is 57.7 Å². The topological polar surface area (TPSA) is 316 Å². The number of piperidine rings is 3. The van der Waals surface area contributed by atoms with Crippen molar-refractivity contribution < 1.29 is 23.9 Å². The molecule has 31 heteroatoms. The fraction of sp³-hybridized carbons (Fsp3) is 0.473. The van der Waals surface area contributed by atoms with Crippen LogP contribution in [0.5, 0.6) is 17.2 Å². The number of aromatic nitrogens is 21. The number of fused-ring (bicyclic) bond motifs is 3. The standard InChI is InChI=1S/C23H28N8O.C22H26N8O.C16H21BN2O3.C13H19ClN6/c1-22(2)13-16(14-23(3,4)28-22)31-21-19(26-29-31)12-18(25-27-21)17-8-7-15(11-20(17)32-5)30-10-6-9-24-30;1-21(2)12-15(13-22(3,4)27-21)30-20-18(25-28-30)11-17(24-26-20)16-7-6-14(10-19(16)31)29-9-5-8-23-29;1-15(2)16(3,4)22-17(21-15)13-8-7-12(11-14(13)20-5)19-10-6-9-18-19;1-12(2)6-8(7-13(3,4)18-12)20-11-9(15-19-20)5-10(14)16-17-11/h6-12,16,28H,13-14H2,1-5H3;5-11,15,27,31H,12-13H2,1-4H3;6-11H,1-5H3;5,8,18H,6-7H2,1-4H3. The summed E-state index contributed by atoms with van der Waals surface area (Å²) >= 11 is 5.84. The lowest BCUT2D eigenvalue weighted by molar-refractivity contribution is 0.00578. The van der Waals surface area contributed by atoms with E-state index in [2.05, 4.69) is 176 Å². The third-order valence-corrected chi connectivity index (χ3v) is 20.1. The number of hydrogen-bond acceptors (Lipinski definition) is 23. The first-order chi connectivity index (χ1) is 49.5. The number of aromatic hydroxyl groups is 1. The number of benzene rings is 3. The second-order valence-electron chi connectivity index (χ2n) is 32.7. The Balaban J connectivity index is 0.000000127. The van der Waals surface area contributed by atoms with Gasteiger partial charge < -0.3 is 39.8 Å². The van der Waals surface area contributed by atoms with Gasteiger partial charge in [-0.15, -0.1) is 45.9 Å². The van der Waals surface area contributed by atoms with Crippen LogP contribution >= 0.6 is 11.6 Å². The van der Waals surface area contributed by atoms with Crippen molar-refractivity contribution in [3.05, 3.63) is 133 Å². The summed E-state index contributed by atoms with van der Waals surface area (Å²) in [7, 11) is 2.86. The summed E-state index contributed by atoms with van der Waals surface area (Å²) in [5, 5.41) is 86.7. The molecule has 0 unspecified atom stereocenters. The van der Waals surface area contributed by atoms with E-state index in [1.54, 1.807) is 59.0 Å². The van der Waals surface area contributed by atoms with E-state index in [0.717, 1.165) is 77.9 Å². The number of phenolic OH excluding ortho intramolecular Hbond substituents is 1. The average molecular weight is 1450 g/mol. The minimum absolute atomic E-state index is 0.00173. The number of rotatable bonds is 11. The van der Waals surface area contributed by atoms with Crippen LogP contribution in [0.25, 0.3) is 73.1 Å². The predicted octanol–water partition coefficient (Wildman–Crippen LogP) is 11.4. The quantitative estimate of drug-likeness (QED) is 0.0874. The molecule has 4 fully saturated rings. The zero-order valence-corrected chi connectivity index (χ0v) is 63.8. The maximum Gasteiger partial charge on any atom is 0.498 e. The van der Waals surface area contributed by atoms with E-state index in [0.29, 0.717) is 55.8 Å². The Morgan fingerprint density at radius 1 is 0.429 bits per heavy atom. The maximum atomic E-state index is 10.6. The smallest absolute Gasteiger partial charge is 0.498 e. The number of ether oxygens (including phenoxy) is 2. The Kier molecular flexibility index (Phi) is 19.6. The summed E-state index contributed by atoms with van der Waals surface area (Å²) < 4.78 is 34.4. The molecule has 0 aliphatic carbocycles. The molecule has 0 atom stereocenters. The van der Waals surface area contributed by atoms with Crippen molar-refractivity contribution in [2.45, 2.75) is 212 Å². The Morgan fingerprint density at radius 2 is 0.781 bits per heavy atom. The third kappa shape index (κ3) is 16.1. The second kappa shape index (κ2) is 28.0. The van der Waals surface area contributed by atoms with Crippen LogP contribution < -0.4 is 30.9 Å². The van der Waals surface area contributed by atoms with Crippen molar-refractivity contribution in [3.8, 4) is 56.8 Å². The number of methoxy groups -OCH3 is 2. The third-order valence-electron chi connectivity index (χ3n) is 19.9. The minimum Gasteiger partial charge on any atom is -0.507 e. The van der Waals surface area contributed by atoms with Gasteiger partial charge in [0, 0.05) is 111 Å². The molecule has 0 saturated carbocycles. The van der Waals surface area contributed by atoms with Gasteiger partial charge in [0.15, 0.2) is 5.15 Å². The fourth-order valence-corrected chi connectivity index (χ4v) is 15.9. The molecule has 0 amide bonds. The number of hydrogen-bond donors (Lipinski definition) is 4. The van der Waals surface area contributed by atoms with Gasteiger partial charge in [0.2, 0.25) is 16.9 Å². The molecular weight excluding hydrogens is 1350 g/mol. The maximum absolute atomic E-state index is 10.6. The molecule has 4 aliphatic heterocycles. The SMILES string of the molecule is CC1(C)CC(n2nnc3cc(-c4ccc(-n5cccn5)cc4O)nnc32)CC(C)(C)N1.CC1(C)CC(n2nnc3cc(Cl)nnc32)CC(C)(C)N1.COc1cc(-n2cccn2)ccc1-c1cc2nnn(C3CC(C)(C)NC(C)(C)C3)c2nn1.COc1cc(-n2cccn2)ccc1B1OC(C)(C)C(C)(C)O1. The van der Waals surface area contributed by atoms with E-state index < -0.39 is 7.12 Å². The monoisotopic (exact) mass is 1440 g/mol. The lowest BCUT2D eigenvalue weighted by Crippen LogP contribution is -2.58. The molecular formula is C74H94BClN24O5. The van der Waals surface area contributed by atoms with Gasteiger partial charge in [0.05, 0.1) is 72.0 Å². The predicted molar refractivity (Wildman–Crippen MR) is 402 cm³/mol. The zero-order valence-electron chi connectivity index (χ0n) is 63.0. The van der Waals surface area contributed by atoms with E-state index in [1.165, 1.54) is 0 Å². The van der Waals surface area contributed by atoms with Crippen LogP contribution in [0.15, 0.2) is 128 Å². The van der Waals surface area contributed by atoms with Gasteiger partial charge in [-0.2, -0.15) is 15.3 Å². The summed E-state index contributed by atoms with van der Waals surface area (Å²) in [5.41, 5.74) is 9.65. The van der Waals surface area contributed by atoms with Crippen LogP contribution in [-0.2, 0) is 9.31 Å². The van der Waals surface area contributed by atoms with Crippen LogP contribution in [0.3, 0.4) is 0 Å². The van der Waals surface area contributed by atoms with E-state index in [1.807, 2.05) is 139 Å². The molecule has 0 radical (unpaired) electrons. The number of phenols is 1. The van der Waals surface area contributed by atoms with Gasteiger partial charge in [0.25, 0.3) is 0 Å². The first kappa shape index (κ1) is 73.6. The molecule has 16 rings (SSSR count). The molecule has 550 valence electrons. The van der Waals surface area contributed by atoms with Crippen LogP contribution in [0.1, 0.15) is 167 Å². The van der Waals surface area contributed by atoms with Gasteiger partial charge in [0.1, 0.15) is 33.8 Å². The highest BCUT2D eigenvalue weighted by molar-refractivity contribution is 6.63. The molecule has 0 spiro atoms. The van der Waals surface area contributed by atoms with Crippen LogP contribution in [0, 0.1) is 0 Å². The molecule has 4 N–H and O–H groups in total. The highest BCUT2D eigenvalue weighted by atomic mass is 35.5. The summed E-state index contributed by atoms with van der Waals surface area (Å²) in [6, 6.07) is 28.8. The summed E-state index contributed by atoms with van der Waals surface area (Å²) in [6.45, 7) is 34.7. The average Bonchev–Trinajstić information content (AvgIpc) is 1.68. The van der Waals surface area contributed by atoms with E-state index >= 15 is 0 Å². The number of nitrogens with one attached hydrogen (secondary N) is 3. The molecule has 13 heterocycles. The lowest BCUT2D eigenvalue weighted by atomic mass is 9.78. The Bertz CT molecular complexity index is 4980. The zero-order chi connectivity index (χ0) is 74.8. The van der Waals surface area contributed by atoms with Crippen molar-refractivity contribution in [2.24, 2.45) is 0 Å². The summed E-state index contributed by atoms with van der Waals surface area (Å²) in [5.74, 6) is 1.53. The van der Waals surface area contributed by atoms with Crippen molar-refractivity contribution in [1.29, 1.82) is 0 Å². The van der Waals surface area contributed by atoms with E-state index in [9.17, 15) is 5.11 Å². The Hall–Kier alpha value is -9.72. The first-order valence-corrected chi connectivity index (χ1v) is 35.8. The summed E-state index contributed by atoms with van der Waals surface area (Å²) in [6.07, 6.45) is 16.5. The highest BCUT2D eigenvalue weighted by Crippen LogP contribution is 2.42. The molecule has 29 nitrogen and oxygen atoms in total. The molecule has 9 aromatic heterocycles. The van der Waals surface area contributed by atoms with E-state index in [4.69, 9.17) is 30.4 Å². The van der Waals surface area contributed by atoms with Crippen LogP contribution in [0.4, 0.5) is 0 Å². The van der Waals surface area contributed by atoms with Gasteiger partial charge >= 0.3 is 7.12 Å².